The number of carbonyl (C=O) groups is 3. The fourth-order valence-corrected chi connectivity index (χ4v) is 3.60. The summed E-state index contributed by atoms with van der Waals surface area (Å²) in [6.45, 7) is 9.95. The largest absolute Gasteiger partial charge is 0.480 e. The predicted molar refractivity (Wildman–Crippen MR) is 120 cm³/mol. The van der Waals surface area contributed by atoms with Crippen LogP contribution in [0.3, 0.4) is 0 Å². The van der Waals surface area contributed by atoms with Crippen molar-refractivity contribution in [3.8, 4) is 0 Å². The Morgan fingerprint density at radius 3 is 2.30 bits per heavy atom. The maximum atomic E-state index is 12.5. The van der Waals surface area contributed by atoms with Crippen LogP contribution in [0.25, 0.3) is 10.9 Å². The second-order valence-corrected chi connectivity index (χ2v) is 10.1. The number of thioether (sulfide) groups is 1. The number of hydrogen-bond acceptors (Lipinski definition) is 9. The van der Waals surface area contributed by atoms with Crippen molar-refractivity contribution in [3.63, 3.8) is 0 Å². The lowest BCUT2D eigenvalue weighted by molar-refractivity contribution is -0.387. The summed E-state index contributed by atoms with van der Waals surface area (Å²) in [6.07, 6.45) is -0.397. The summed E-state index contributed by atoms with van der Waals surface area (Å²) in [5.41, 5.74) is -1.65. The first-order valence-electron chi connectivity index (χ1n) is 9.82. The molecule has 0 radical (unpaired) electrons. The van der Waals surface area contributed by atoms with E-state index >= 15 is 0 Å². The molecule has 1 aromatic carbocycles. The molecule has 0 spiro atoms. The highest BCUT2D eigenvalue weighted by atomic mass is 32.2. The van der Waals surface area contributed by atoms with E-state index in [0.717, 1.165) is 16.4 Å². The Labute approximate surface area is 193 Å². The lowest BCUT2D eigenvalue weighted by Gasteiger charge is -2.21. The van der Waals surface area contributed by atoms with Gasteiger partial charge in [0.15, 0.2) is 0 Å². The number of aliphatic carboxylic acids is 1. The Hall–Kier alpha value is -3.35. The highest BCUT2D eigenvalue weighted by Crippen LogP contribution is 2.34. The van der Waals surface area contributed by atoms with Crippen molar-refractivity contribution >= 4 is 46.5 Å². The van der Waals surface area contributed by atoms with Crippen LogP contribution >= 0.6 is 11.8 Å². The van der Waals surface area contributed by atoms with Gasteiger partial charge in [0.25, 0.3) is 5.69 Å². The van der Waals surface area contributed by atoms with Gasteiger partial charge >= 0.3 is 18.2 Å². The molecule has 1 amide bonds. The number of alkyl carbamates (subject to hydrolysis) is 1. The number of carboxylic acid groups (broad SMARTS) is 1. The van der Waals surface area contributed by atoms with Gasteiger partial charge in [0.05, 0.1) is 21.5 Å². The molecule has 2 N–H and O–H groups in total. The van der Waals surface area contributed by atoms with Crippen molar-refractivity contribution in [2.24, 2.45) is 0 Å². The highest BCUT2D eigenvalue weighted by molar-refractivity contribution is 7.99. The molecular formula is C20H26N4O8S. The number of amides is 1. The molecule has 1 aromatic heterocycles. The first kappa shape index (κ1) is 25.9. The van der Waals surface area contributed by atoms with Gasteiger partial charge in [0, 0.05) is 17.2 Å². The molecule has 13 heteroatoms. The third-order valence-electron chi connectivity index (χ3n) is 3.81. The zero-order chi connectivity index (χ0) is 25.1. The molecule has 0 aliphatic rings. The number of fused-ring (bicyclic) bond motifs is 1. The molecule has 2 aromatic rings. The maximum Gasteiger partial charge on any atom is 0.435 e. The number of rotatable bonds is 6. The number of ether oxygens (including phenoxy) is 2. The topological polar surface area (TPSA) is 163 Å². The number of aromatic nitrogens is 2. The third kappa shape index (κ3) is 7.34. The smallest absolute Gasteiger partial charge is 0.435 e. The molecule has 180 valence electrons. The normalized spacial score (nSPS) is 12.8. The number of nitrogens with zero attached hydrogens (tertiary/aromatic N) is 3. The number of nitro groups is 1. The van der Waals surface area contributed by atoms with Crippen LogP contribution in [-0.4, -0.2) is 61.0 Å². The van der Waals surface area contributed by atoms with Gasteiger partial charge in [-0.2, -0.15) is 9.78 Å². The molecule has 0 saturated heterocycles. The summed E-state index contributed by atoms with van der Waals surface area (Å²) < 4.78 is 11.3. The lowest BCUT2D eigenvalue weighted by atomic mass is 10.2. The number of nitrogens with one attached hydrogen (secondary N) is 1. The van der Waals surface area contributed by atoms with Crippen LogP contribution in [0.1, 0.15) is 41.5 Å². The van der Waals surface area contributed by atoms with Gasteiger partial charge in [0.2, 0.25) is 0 Å². The van der Waals surface area contributed by atoms with Gasteiger partial charge in [-0.15, -0.1) is 11.8 Å². The zero-order valence-electron chi connectivity index (χ0n) is 19.1. The van der Waals surface area contributed by atoms with E-state index in [9.17, 15) is 29.6 Å². The summed E-state index contributed by atoms with van der Waals surface area (Å²) in [6, 6.07) is 1.22. The molecule has 1 heterocycles. The SMILES string of the molecule is CC(C)(C)OC(=O)N[C@@H](CSc1cc2c(cnn2C(=O)OC(C)(C)C)cc1[N+](=O)[O-])C(=O)O. The van der Waals surface area contributed by atoms with Gasteiger partial charge in [-0.05, 0) is 47.6 Å². The third-order valence-corrected chi connectivity index (χ3v) is 4.94. The van der Waals surface area contributed by atoms with Gasteiger partial charge in [-0.25, -0.2) is 14.4 Å². The molecule has 2 rings (SSSR count). The number of carbonyl (C=O) groups excluding carboxylic acids is 2. The van der Waals surface area contributed by atoms with Crippen molar-refractivity contribution in [2.75, 3.05) is 5.75 Å². The van der Waals surface area contributed by atoms with Crippen molar-refractivity contribution in [2.45, 2.75) is 63.7 Å². The Bertz CT molecular complexity index is 1080. The first-order chi connectivity index (χ1) is 15.1. The quantitative estimate of drug-likeness (QED) is 0.352. The molecule has 12 nitrogen and oxygen atoms in total. The van der Waals surface area contributed by atoms with E-state index in [-0.39, 0.29) is 21.9 Å². The molecule has 33 heavy (non-hydrogen) atoms. The molecule has 1 atom stereocenters. The Morgan fingerprint density at radius 2 is 1.79 bits per heavy atom. The minimum absolute atomic E-state index is 0.0926. The van der Waals surface area contributed by atoms with Crippen LogP contribution in [0.15, 0.2) is 23.2 Å². The monoisotopic (exact) mass is 482 g/mol. The van der Waals surface area contributed by atoms with Gasteiger partial charge in [0.1, 0.15) is 17.2 Å². The maximum absolute atomic E-state index is 12.5. The molecular weight excluding hydrogens is 456 g/mol. The summed E-state index contributed by atoms with van der Waals surface area (Å²) >= 11 is 0.838. The Balaban J connectivity index is 2.33. The van der Waals surface area contributed by atoms with Gasteiger partial charge in [-0.1, -0.05) is 0 Å². The van der Waals surface area contributed by atoms with Gasteiger partial charge < -0.3 is 19.9 Å². The van der Waals surface area contributed by atoms with Gasteiger partial charge in [-0.3, -0.25) is 10.1 Å². The number of hydrogen-bond donors (Lipinski definition) is 2. The Kier molecular flexibility index (Phi) is 7.57. The second-order valence-electron chi connectivity index (χ2n) is 9.02. The summed E-state index contributed by atoms with van der Waals surface area (Å²) in [5, 5.41) is 27.6. The van der Waals surface area contributed by atoms with E-state index in [1.807, 2.05) is 0 Å². The van der Waals surface area contributed by atoms with E-state index in [1.54, 1.807) is 41.5 Å². The number of nitro benzene ring substituents is 1. The number of benzene rings is 1. The highest BCUT2D eigenvalue weighted by Gasteiger charge is 2.27. The minimum atomic E-state index is -1.38. The van der Waals surface area contributed by atoms with Crippen LogP contribution in [0.4, 0.5) is 15.3 Å². The summed E-state index contributed by atoms with van der Waals surface area (Å²) in [5.74, 6) is -1.57. The van der Waals surface area contributed by atoms with Crippen molar-refractivity contribution in [1.29, 1.82) is 0 Å². The van der Waals surface area contributed by atoms with Crippen LogP contribution in [-0.2, 0) is 14.3 Å². The van der Waals surface area contributed by atoms with E-state index in [0.29, 0.717) is 5.39 Å². The molecule has 0 aliphatic heterocycles. The average molecular weight is 483 g/mol. The predicted octanol–water partition coefficient (Wildman–Crippen LogP) is 3.80. The zero-order valence-corrected chi connectivity index (χ0v) is 19.9. The van der Waals surface area contributed by atoms with Crippen molar-refractivity contribution in [3.05, 3.63) is 28.4 Å². The summed E-state index contributed by atoms with van der Waals surface area (Å²) in [7, 11) is 0. The van der Waals surface area contributed by atoms with Crippen molar-refractivity contribution in [1.82, 2.24) is 15.1 Å². The summed E-state index contributed by atoms with van der Waals surface area (Å²) in [4.78, 5) is 47.1. The van der Waals surface area contributed by atoms with E-state index in [2.05, 4.69) is 10.4 Å². The Morgan fingerprint density at radius 1 is 1.18 bits per heavy atom. The second kappa shape index (κ2) is 9.65. The molecule has 0 fully saturated rings. The van der Waals surface area contributed by atoms with Crippen LogP contribution in [0.5, 0.6) is 0 Å². The van der Waals surface area contributed by atoms with E-state index in [4.69, 9.17) is 9.47 Å². The minimum Gasteiger partial charge on any atom is -0.480 e. The van der Waals surface area contributed by atoms with Crippen LogP contribution < -0.4 is 5.32 Å². The van der Waals surface area contributed by atoms with E-state index in [1.165, 1.54) is 18.3 Å². The van der Waals surface area contributed by atoms with Crippen LogP contribution in [0, 0.1) is 10.1 Å². The fourth-order valence-electron chi connectivity index (χ4n) is 2.55. The average Bonchev–Trinajstić information content (AvgIpc) is 3.04. The fraction of sp³-hybridized carbons (Fsp3) is 0.500. The van der Waals surface area contributed by atoms with Crippen molar-refractivity contribution < 1.29 is 33.9 Å². The molecule has 0 unspecified atom stereocenters. The first-order valence-corrected chi connectivity index (χ1v) is 10.8. The van der Waals surface area contributed by atoms with Crippen LogP contribution in [0.2, 0.25) is 0 Å². The number of carboxylic acids is 1. The standard InChI is InChI=1S/C20H26N4O8S/c1-19(2,3)31-17(27)22-12(16(25)26)10-33-15-8-13-11(7-14(15)24(29)30)9-21-23(13)18(28)32-20(4,5)6/h7-9,12H,10H2,1-6H3,(H,22,27)(H,25,26)/t12-/m0/s1. The molecule has 0 saturated carbocycles. The van der Waals surface area contributed by atoms with E-state index < -0.39 is 40.3 Å². The molecule has 0 aliphatic carbocycles. The lowest BCUT2D eigenvalue weighted by Crippen LogP contribution is -2.44. The molecule has 0 bridgehead atoms.